The van der Waals surface area contributed by atoms with Gasteiger partial charge in [-0.25, -0.2) is 9.36 Å². The summed E-state index contributed by atoms with van der Waals surface area (Å²) < 4.78 is 19.2. The normalized spacial score (nSPS) is 10.5. The first-order chi connectivity index (χ1) is 19.6. The average Bonchev–Trinajstić information content (AvgIpc) is 3.35. The number of carbonyl (C=O) groups excluding carboxylic acids is 2. The summed E-state index contributed by atoms with van der Waals surface area (Å²) in [5, 5.41) is 0.876. The van der Waals surface area contributed by atoms with Gasteiger partial charge in [-0.05, 0) is 55.7 Å². The maximum atomic E-state index is 13.4. The van der Waals surface area contributed by atoms with Crippen LogP contribution in [0.2, 0.25) is 0 Å². The van der Waals surface area contributed by atoms with Gasteiger partial charge in [-0.2, -0.15) is 0 Å². The van der Waals surface area contributed by atoms with E-state index in [1.807, 2.05) is 72.4 Å². The second-order valence-electron chi connectivity index (χ2n) is 10.2. The zero-order valence-electron chi connectivity index (χ0n) is 23.7. The summed E-state index contributed by atoms with van der Waals surface area (Å²) in [7, 11) is 1.88. The molecule has 2 heterocycles. The molecule has 0 saturated heterocycles. The van der Waals surface area contributed by atoms with Gasteiger partial charge in [0.05, 0.1) is 18.8 Å². The summed E-state index contributed by atoms with van der Waals surface area (Å²) >= 11 is 0. The molecule has 0 unspecified atom stereocenters. The largest absolute Gasteiger partial charge is 0.494 e. The highest BCUT2D eigenvalue weighted by Gasteiger charge is 2.21. The van der Waals surface area contributed by atoms with Gasteiger partial charge in [0.15, 0.2) is 18.2 Å². The summed E-state index contributed by atoms with van der Waals surface area (Å²) in [6.07, 6.45) is 12.6. The number of ketones is 1. The predicted molar refractivity (Wildman–Crippen MR) is 169 cm³/mol. The molecule has 0 aliphatic carbocycles. The zero-order chi connectivity index (χ0) is 28.2. The van der Waals surface area contributed by atoms with E-state index < -0.39 is 0 Å². The van der Waals surface area contributed by atoms with Gasteiger partial charge in [-0.1, -0.05) is 72.1 Å². The third-order valence-electron chi connectivity index (χ3n) is 6.99. The Balaban J connectivity index is 0.00000308. The molecular formula is C36H48NO5+. The molecule has 0 N–H and O–H groups in total. The minimum absolute atomic E-state index is 0. The van der Waals surface area contributed by atoms with Crippen molar-refractivity contribution in [3.05, 3.63) is 95.5 Å². The fourth-order valence-electron chi connectivity index (χ4n) is 4.76. The van der Waals surface area contributed by atoms with Crippen LogP contribution in [0.3, 0.4) is 0 Å². The third-order valence-corrected chi connectivity index (χ3v) is 6.99. The molecule has 6 heteroatoms. The van der Waals surface area contributed by atoms with Gasteiger partial charge in [0.25, 0.3) is 0 Å². The van der Waals surface area contributed by atoms with E-state index in [9.17, 15) is 9.59 Å². The van der Waals surface area contributed by atoms with E-state index in [2.05, 4.69) is 6.92 Å². The van der Waals surface area contributed by atoms with Crippen LogP contribution in [0.25, 0.3) is 11.0 Å². The van der Waals surface area contributed by atoms with Crippen molar-refractivity contribution >= 4 is 22.7 Å². The number of hydrogen-bond donors (Lipinski definition) is 0. The molecule has 0 spiro atoms. The number of aryl methyl sites for hydroxylation is 2. The quantitative estimate of drug-likeness (QED) is 0.0579. The first-order valence-corrected chi connectivity index (χ1v) is 14.5. The molecule has 6 nitrogen and oxygen atoms in total. The second-order valence-corrected chi connectivity index (χ2v) is 10.2. The first-order valence-electron chi connectivity index (χ1n) is 14.5. The summed E-state index contributed by atoms with van der Waals surface area (Å²) in [5.74, 6) is 1.27. The molecule has 42 heavy (non-hydrogen) atoms. The number of fused-ring (bicyclic) bond motifs is 1. The van der Waals surface area contributed by atoms with Gasteiger partial charge < -0.3 is 13.9 Å². The van der Waals surface area contributed by atoms with Crippen LogP contribution < -0.4 is 9.30 Å². The summed E-state index contributed by atoms with van der Waals surface area (Å²) in [6.45, 7) is 3.24. The van der Waals surface area contributed by atoms with Gasteiger partial charge in [0.1, 0.15) is 29.7 Å². The van der Waals surface area contributed by atoms with Crippen molar-refractivity contribution in [3.8, 4) is 5.75 Å². The maximum Gasteiger partial charge on any atom is 0.344 e. The number of para-hydroxylation sites is 1. The topological polar surface area (TPSA) is 69.6 Å². The van der Waals surface area contributed by atoms with Gasteiger partial charge in [0, 0.05) is 23.4 Å². The molecular weight excluding hydrogens is 526 g/mol. The predicted octanol–water partition coefficient (Wildman–Crippen LogP) is 8.68. The molecule has 0 atom stereocenters. The Hall–Kier alpha value is -3.93. The van der Waals surface area contributed by atoms with E-state index in [4.69, 9.17) is 13.9 Å². The highest BCUT2D eigenvalue weighted by Crippen LogP contribution is 2.30. The fourth-order valence-corrected chi connectivity index (χ4v) is 4.76. The van der Waals surface area contributed by atoms with Crippen LogP contribution in [0.5, 0.6) is 5.75 Å². The van der Waals surface area contributed by atoms with E-state index in [-0.39, 0.29) is 26.6 Å². The van der Waals surface area contributed by atoms with Crippen molar-refractivity contribution in [2.45, 2.75) is 79.6 Å². The van der Waals surface area contributed by atoms with Crippen molar-refractivity contribution < 1.29 is 28.0 Å². The van der Waals surface area contributed by atoms with E-state index in [1.54, 1.807) is 12.3 Å². The van der Waals surface area contributed by atoms with Gasteiger partial charge in [-0.15, -0.1) is 0 Å². The number of nitrogens with zero attached hydrogens (tertiary/aromatic N) is 1. The molecule has 2 aromatic carbocycles. The monoisotopic (exact) mass is 574 g/mol. The Kier molecular flexibility index (Phi) is 14.5. The van der Waals surface area contributed by atoms with Crippen LogP contribution >= 0.6 is 0 Å². The molecule has 226 valence electrons. The number of aromatic nitrogens is 1. The number of unbranched alkanes of at least 4 members (excludes halogenated alkanes) is 6. The lowest BCUT2D eigenvalue weighted by molar-refractivity contribution is -0.671. The average molecular weight is 575 g/mol. The number of hydrogen-bond acceptors (Lipinski definition) is 5. The van der Waals surface area contributed by atoms with E-state index >= 15 is 0 Å². The Morgan fingerprint density at radius 1 is 0.786 bits per heavy atom. The van der Waals surface area contributed by atoms with Crippen LogP contribution in [0.4, 0.5) is 0 Å². The second kappa shape index (κ2) is 17.8. The molecule has 0 saturated carbocycles. The number of carbonyl (C=O) groups is 2. The Morgan fingerprint density at radius 2 is 1.48 bits per heavy atom. The van der Waals surface area contributed by atoms with Gasteiger partial charge in [0.2, 0.25) is 0 Å². The Labute approximate surface area is 251 Å². The SMILES string of the molecule is C.C.CCCCc1oc2ccccc2c1C(=O)c1ccc(OCCCCCCCCOC(=O)c2ccc[n+](C)c2)cc1. The van der Waals surface area contributed by atoms with Crippen molar-refractivity contribution in [1.82, 2.24) is 0 Å². The van der Waals surface area contributed by atoms with E-state index in [0.717, 1.165) is 80.3 Å². The number of esters is 1. The first kappa shape index (κ1) is 34.3. The number of pyridine rings is 1. The molecule has 0 aliphatic heterocycles. The molecule has 0 bridgehead atoms. The van der Waals surface area contributed by atoms with Crippen LogP contribution in [0.1, 0.15) is 105 Å². The lowest BCUT2D eigenvalue weighted by atomic mass is 9.98. The number of furan rings is 1. The molecule has 0 radical (unpaired) electrons. The van der Waals surface area contributed by atoms with E-state index in [1.165, 1.54) is 0 Å². The lowest BCUT2D eigenvalue weighted by Gasteiger charge is -2.08. The third kappa shape index (κ3) is 9.57. The summed E-state index contributed by atoms with van der Waals surface area (Å²) in [5.41, 5.74) is 2.66. The molecule has 0 amide bonds. The molecule has 2 aromatic heterocycles. The molecule has 4 aromatic rings. The summed E-state index contributed by atoms with van der Waals surface area (Å²) in [6, 6.07) is 18.8. The summed E-state index contributed by atoms with van der Waals surface area (Å²) in [4.78, 5) is 25.5. The van der Waals surface area contributed by atoms with Gasteiger partial charge in [-0.3, -0.25) is 4.79 Å². The molecule has 0 aliphatic rings. The standard InChI is InChI=1S/C34H40NO5.2CH4/c1-3-4-16-31-32(29-15-9-10-17-30(29)40-31)33(36)26-18-20-28(21-19-26)38-23-11-7-5-6-8-12-24-39-34(37)27-14-13-22-35(2)25-27;;/h9-10,13-15,17-22,25H,3-8,11-12,16,23-24H2,1-2H3;2*1H4/q+1;;. The van der Waals surface area contributed by atoms with Crippen molar-refractivity contribution in [2.24, 2.45) is 7.05 Å². The van der Waals surface area contributed by atoms with Crippen LogP contribution in [-0.2, 0) is 18.2 Å². The lowest BCUT2D eigenvalue weighted by Crippen LogP contribution is -2.28. The highest BCUT2D eigenvalue weighted by molar-refractivity contribution is 6.16. The zero-order valence-corrected chi connectivity index (χ0v) is 23.7. The fraction of sp³-hybridized carbons (Fsp3) is 0.417. The number of rotatable bonds is 16. The van der Waals surface area contributed by atoms with E-state index in [0.29, 0.717) is 29.9 Å². The maximum absolute atomic E-state index is 13.4. The smallest absolute Gasteiger partial charge is 0.344 e. The van der Waals surface area contributed by atoms with Gasteiger partial charge >= 0.3 is 5.97 Å². The Bertz CT molecular complexity index is 1390. The number of benzene rings is 2. The minimum Gasteiger partial charge on any atom is -0.494 e. The van der Waals surface area contributed by atoms with Crippen LogP contribution in [0, 0.1) is 0 Å². The van der Waals surface area contributed by atoms with Crippen molar-refractivity contribution in [1.29, 1.82) is 0 Å². The van der Waals surface area contributed by atoms with Crippen molar-refractivity contribution in [2.75, 3.05) is 13.2 Å². The molecule has 4 rings (SSSR count). The molecule has 0 fully saturated rings. The van der Waals surface area contributed by atoms with Crippen LogP contribution in [0.15, 0.2) is 77.5 Å². The number of ether oxygens (including phenoxy) is 2. The minimum atomic E-state index is -0.266. The van der Waals surface area contributed by atoms with Crippen LogP contribution in [-0.4, -0.2) is 25.0 Å². The van der Waals surface area contributed by atoms with Crippen molar-refractivity contribution in [3.63, 3.8) is 0 Å². The highest BCUT2D eigenvalue weighted by atomic mass is 16.5. The Morgan fingerprint density at radius 3 is 2.19 bits per heavy atom.